The van der Waals surface area contributed by atoms with Crippen LogP contribution in [0, 0.1) is 5.41 Å². The van der Waals surface area contributed by atoms with Gasteiger partial charge in [-0.1, -0.05) is 106 Å². The molecule has 3 aromatic rings. The minimum absolute atomic E-state index is 0.227. The van der Waals surface area contributed by atoms with Crippen molar-refractivity contribution in [2.24, 2.45) is 11.3 Å². The Morgan fingerprint density at radius 1 is 0.897 bits per heavy atom. The lowest BCUT2D eigenvalue weighted by molar-refractivity contribution is -0.183. The normalized spacial score (nSPS) is 13.0. The number of nitrogens with zero attached hydrogens (tertiary/aromatic N) is 2. The van der Waals surface area contributed by atoms with Crippen LogP contribution >= 0.6 is 0 Å². The van der Waals surface area contributed by atoms with Gasteiger partial charge >= 0.3 is 6.09 Å². The third-order valence-corrected chi connectivity index (χ3v) is 6.63. The predicted molar refractivity (Wildman–Crippen MR) is 152 cm³/mol. The number of hydroxylamine groups is 2. The number of benzene rings is 3. The second-order valence-electron chi connectivity index (χ2n) is 10.8. The van der Waals surface area contributed by atoms with Crippen molar-refractivity contribution in [3.63, 3.8) is 0 Å². The molecule has 39 heavy (non-hydrogen) atoms. The van der Waals surface area contributed by atoms with E-state index in [1.54, 1.807) is 5.01 Å². The van der Waals surface area contributed by atoms with Crippen molar-refractivity contribution in [3.8, 4) is 11.1 Å². The quantitative estimate of drug-likeness (QED) is 0.182. The van der Waals surface area contributed by atoms with Gasteiger partial charge in [0.05, 0.1) is 13.2 Å². The minimum atomic E-state index is -0.995. The van der Waals surface area contributed by atoms with Crippen molar-refractivity contribution in [2.45, 2.75) is 52.2 Å². The Kier molecular flexibility index (Phi) is 10.6. The number of carbonyl (C=O) groups excluding carboxylic acids is 2. The highest BCUT2D eigenvalue weighted by atomic mass is 16.5. The smallest absolute Gasteiger partial charge is 0.407 e. The van der Waals surface area contributed by atoms with Gasteiger partial charge in [-0.25, -0.2) is 14.9 Å². The molecule has 2 atom stereocenters. The zero-order valence-electron chi connectivity index (χ0n) is 23.2. The topological polar surface area (TPSA) is 108 Å². The molecule has 3 aromatic carbocycles. The summed E-state index contributed by atoms with van der Waals surface area (Å²) in [5.74, 6) is 5.80. The van der Waals surface area contributed by atoms with Crippen molar-refractivity contribution in [1.82, 2.24) is 15.4 Å². The van der Waals surface area contributed by atoms with Crippen molar-refractivity contribution in [1.29, 1.82) is 0 Å². The van der Waals surface area contributed by atoms with Gasteiger partial charge in [-0.3, -0.25) is 15.8 Å². The van der Waals surface area contributed by atoms with E-state index < -0.39 is 29.5 Å². The van der Waals surface area contributed by atoms with Crippen molar-refractivity contribution in [3.05, 3.63) is 96.1 Å². The fourth-order valence-corrected chi connectivity index (χ4v) is 4.41. The zero-order valence-corrected chi connectivity index (χ0v) is 23.2. The molecule has 8 nitrogen and oxygen atoms in total. The van der Waals surface area contributed by atoms with Crippen LogP contribution in [-0.2, 0) is 22.5 Å². The van der Waals surface area contributed by atoms with E-state index in [2.05, 4.69) is 29.6 Å². The number of hydrogen-bond acceptors (Lipinski definition) is 6. The number of hydrazine groups is 1. The fourth-order valence-electron chi connectivity index (χ4n) is 4.41. The van der Waals surface area contributed by atoms with Crippen molar-refractivity contribution >= 4 is 12.0 Å². The molecule has 0 unspecified atom stereocenters. The van der Waals surface area contributed by atoms with Gasteiger partial charge in [-0.2, -0.15) is 0 Å². The van der Waals surface area contributed by atoms with Crippen LogP contribution in [0.1, 0.15) is 38.3 Å². The molecule has 208 valence electrons. The Labute approximate surface area is 231 Å². The molecule has 0 fully saturated rings. The molecular formula is C31H40N4O4. The maximum absolute atomic E-state index is 13.5. The third kappa shape index (κ3) is 8.92. The second-order valence-corrected chi connectivity index (χ2v) is 10.8. The summed E-state index contributed by atoms with van der Waals surface area (Å²) in [6.07, 6.45) is 0.374. The molecule has 0 radical (unpaired) electrons. The second kappa shape index (κ2) is 13.9. The van der Waals surface area contributed by atoms with Crippen LogP contribution in [0.5, 0.6) is 0 Å². The van der Waals surface area contributed by atoms with Crippen LogP contribution in [0.4, 0.5) is 4.79 Å². The first-order valence-corrected chi connectivity index (χ1v) is 13.1. The number of amides is 2. The van der Waals surface area contributed by atoms with Crippen LogP contribution in [0.2, 0.25) is 0 Å². The molecule has 0 spiro atoms. The van der Waals surface area contributed by atoms with Gasteiger partial charge in [0.2, 0.25) is 0 Å². The first kappa shape index (κ1) is 29.8. The van der Waals surface area contributed by atoms with Gasteiger partial charge in [0.15, 0.2) is 0 Å². The number of nitrogens with two attached hydrogens (primary N) is 1. The summed E-state index contributed by atoms with van der Waals surface area (Å²) in [7, 11) is 1.23. The van der Waals surface area contributed by atoms with E-state index in [-0.39, 0.29) is 6.54 Å². The van der Waals surface area contributed by atoms with Crippen molar-refractivity contribution < 1.29 is 19.5 Å². The highest BCUT2D eigenvalue weighted by molar-refractivity contribution is 5.85. The van der Waals surface area contributed by atoms with Crippen LogP contribution in [0.25, 0.3) is 11.1 Å². The van der Waals surface area contributed by atoms with E-state index in [9.17, 15) is 14.8 Å². The summed E-state index contributed by atoms with van der Waals surface area (Å²) >= 11 is 0. The molecule has 0 saturated heterocycles. The Hall–Kier alpha value is -3.72. The molecule has 4 N–H and O–H groups in total. The predicted octanol–water partition coefficient (Wildman–Crippen LogP) is 5.02. The number of methoxy groups -OCH3 is 1. The number of nitrogens with one attached hydrogen (secondary N) is 1. The maximum atomic E-state index is 13.5. The maximum Gasteiger partial charge on any atom is 0.407 e. The number of ether oxygens (including phenoxy) is 1. The van der Waals surface area contributed by atoms with Crippen LogP contribution in [0.3, 0.4) is 0 Å². The molecule has 0 aromatic heterocycles. The summed E-state index contributed by atoms with van der Waals surface area (Å²) in [6, 6.07) is 26.6. The Balaban J connectivity index is 1.74. The van der Waals surface area contributed by atoms with Crippen LogP contribution in [0.15, 0.2) is 84.9 Å². The number of aryl methyl sites for hydroxylation is 1. The molecule has 0 heterocycles. The average molecular weight is 533 g/mol. The fraction of sp³-hybridized carbons (Fsp3) is 0.355. The Bertz CT molecular complexity index is 1180. The Morgan fingerprint density at radius 2 is 1.46 bits per heavy atom. The largest absolute Gasteiger partial charge is 0.453 e. The van der Waals surface area contributed by atoms with E-state index in [1.807, 2.05) is 81.4 Å². The molecule has 0 saturated carbocycles. The van der Waals surface area contributed by atoms with E-state index in [0.29, 0.717) is 19.4 Å². The lowest BCUT2D eigenvalue weighted by Crippen LogP contribution is -2.57. The lowest BCUT2D eigenvalue weighted by atomic mass is 9.86. The monoisotopic (exact) mass is 532 g/mol. The highest BCUT2D eigenvalue weighted by Gasteiger charge is 2.38. The van der Waals surface area contributed by atoms with Gasteiger partial charge in [0.1, 0.15) is 6.04 Å². The van der Waals surface area contributed by atoms with Gasteiger partial charge in [-0.15, -0.1) is 0 Å². The van der Waals surface area contributed by atoms with Gasteiger partial charge in [-0.05, 0) is 40.5 Å². The third-order valence-electron chi connectivity index (χ3n) is 6.63. The minimum Gasteiger partial charge on any atom is -0.453 e. The van der Waals surface area contributed by atoms with Crippen molar-refractivity contribution in [2.75, 3.05) is 13.7 Å². The number of carbonyl (C=O) groups is 2. The molecule has 0 bridgehead atoms. The van der Waals surface area contributed by atoms with E-state index in [0.717, 1.165) is 27.3 Å². The molecule has 3 rings (SSSR count). The molecule has 0 aliphatic carbocycles. The summed E-state index contributed by atoms with van der Waals surface area (Å²) in [5, 5.41) is 16.1. The number of rotatable bonds is 11. The first-order valence-electron chi connectivity index (χ1n) is 13.1. The van der Waals surface area contributed by atoms with Gasteiger partial charge < -0.3 is 10.1 Å². The molecule has 0 aliphatic rings. The number of alkyl carbamates (subject to hydrolysis) is 1. The zero-order chi connectivity index (χ0) is 28.4. The number of hydrogen-bond donors (Lipinski definition) is 3. The van der Waals surface area contributed by atoms with E-state index >= 15 is 0 Å². The summed E-state index contributed by atoms with van der Waals surface area (Å²) in [6.45, 7) is 6.10. The molecule has 0 aliphatic heterocycles. The van der Waals surface area contributed by atoms with E-state index in [4.69, 9.17) is 10.6 Å². The molecular weight excluding hydrogens is 492 g/mol. The lowest BCUT2D eigenvalue weighted by Gasteiger charge is -2.36. The summed E-state index contributed by atoms with van der Waals surface area (Å²) < 4.78 is 4.71. The summed E-state index contributed by atoms with van der Waals surface area (Å²) in [5.41, 5.74) is 3.68. The Morgan fingerprint density at radius 3 is 2.03 bits per heavy atom. The van der Waals surface area contributed by atoms with E-state index in [1.165, 1.54) is 7.11 Å². The van der Waals surface area contributed by atoms with Crippen LogP contribution in [-0.4, -0.2) is 53.0 Å². The van der Waals surface area contributed by atoms with Gasteiger partial charge in [0, 0.05) is 13.1 Å². The molecule has 2 amide bonds. The average Bonchev–Trinajstić information content (AvgIpc) is 2.93. The van der Waals surface area contributed by atoms with Crippen LogP contribution < -0.4 is 11.2 Å². The standard InChI is InChI=1S/C31H40N4O4/c1-31(2,3)28(33-30(37)39-4)29(36)35(38)27(20-17-23-11-7-5-8-12-23)22-34(32)21-24-15-18-26(19-16-24)25-13-9-6-10-14-25/h5-16,18-19,27-28,38H,17,20-22,32H2,1-4H3,(H,33,37)/t27-,28+/m0/s1. The first-order chi connectivity index (χ1) is 18.6. The summed E-state index contributed by atoms with van der Waals surface area (Å²) in [4.78, 5) is 25.4. The van der Waals surface area contributed by atoms with Gasteiger partial charge in [0.25, 0.3) is 5.91 Å². The SMILES string of the molecule is COC(=O)N[C@H](C(=O)N(O)[C@@H](CCc1ccccc1)CN(N)Cc1ccc(-c2ccccc2)cc1)C(C)(C)C. The highest BCUT2D eigenvalue weighted by Crippen LogP contribution is 2.23. The molecule has 8 heteroatoms.